The molecule has 4 heteroatoms. The SMILES string of the molecule is N#CS[C@H](CC(Cl)Cl)c1ccc2ccccc2c1. The van der Waals surface area contributed by atoms with Crippen LogP contribution < -0.4 is 0 Å². The summed E-state index contributed by atoms with van der Waals surface area (Å²) in [5.41, 5.74) is 1.09. The lowest BCUT2D eigenvalue weighted by molar-refractivity contribution is 0.873. The Morgan fingerprint density at radius 3 is 2.50 bits per heavy atom. The maximum atomic E-state index is 8.85. The van der Waals surface area contributed by atoms with Crippen LogP contribution in [0.4, 0.5) is 0 Å². The van der Waals surface area contributed by atoms with Crippen molar-refractivity contribution in [1.82, 2.24) is 0 Å². The molecule has 0 amide bonds. The number of thiocyanates is 1. The fourth-order valence-corrected chi connectivity index (χ4v) is 3.15. The molecule has 0 aliphatic carbocycles. The number of hydrogen-bond acceptors (Lipinski definition) is 2. The van der Waals surface area contributed by atoms with E-state index in [0.29, 0.717) is 6.42 Å². The number of nitriles is 1. The Balaban J connectivity index is 2.35. The van der Waals surface area contributed by atoms with Gasteiger partial charge in [-0.2, -0.15) is 5.26 Å². The molecule has 0 aliphatic heterocycles. The Labute approximate surface area is 121 Å². The second-order valence-electron chi connectivity index (χ2n) is 3.93. The third kappa shape index (κ3) is 3.32. The lowest BCUT2D eigenvalue weighted by Gasteiger charge is -2.14. The van der Waals surface area contributed by atoms with E-state index in [9.17, 15) is 0 Å². The Hall–Kier alpha value is -0.880. The molecule has 0 radical (unpaired) electrons. The lowest BCUT2D eigenvalue weighted by Crippen LogP contribution is -1.99. The lowest BCUT2D eigenvalue weighted by atomic mass is 10.0. The van der Waals surface area contributed by atoms with Crippen molar-refractivity contribution in [2.24, 2.45) is 0 Å². The molecule has 2 aromatic carbocycles. The Bertz CT molecular complexity index is 577. The highest BCUT2D eigenvalue weighted by Gasteiger charge is 2.16. The van der Waals surface area contributed by atoms with Gasteiger partial charge in [-0.1, -0.05) is 36.4 Å². The third-order valence-electron chi connectivity index (χ3n) is 2.73. The highest BCUT2D eigenvalue weighted by molar-refractivity contribution is 8.03. The Morgan fingerprint density at radius 2 is 1.83 bits per heavy atom. The van der Waals surface area contributed by atoms with Gasteiger partial charge in [0.2, 0.25) is 0 Å². The van der Waals surface area contributed by atoms with Crippen molar-refractivity contribution >= 4 is 45.7 Å². The highest BCUT2D eigenvalue weighted by Crippen LogP contribution is 2.35. The number of halogens is 2. The van der Waals surface area contributed by atoms with Crippen molar-refractivity contribution in [2.45, 2.75) is 16.5 Å². The van der Waals surface area contributed by atoms with Crippen LogP contribution in [-0.4, -0.2) is 4.84 Å². The van der Waals surface area contributed by atoms with E-state index >= 15 is 0 Å². The predicted octanol–water partition coefficient (Wildman–Crippen LogP) is 5.29. The van der Waals surface area contributed by atoms with E-state index in [1.165, 1.54) is 22.5 Å². The van der Waals surface area contributed by atoms with Crippen molar-refractivity contribution in [3.63, 3.8) is 0 Å². The molecule has 0 aromatic heterocycles. The molecule has 18 heavy (non-hydrogen) atoms. The van der Waals surface area contributed by atoms with E-state index in [-0.39, 0.29) is 5.25 Å². The summed E-state index contributed by atoms with van der Waals surface area (Å²) < 4.78 is 0. The van der Waals surface area contributed by atoms with Crippen molar-refractivity contribution in [2.75, 3.05) is 0 Å². The Morgan fingerprint density at radius 1 is 1.11 bits per heavy atom. The average molecular weight is 296 g/mol. The van der Waals surface area contributed by atoms with Gasteiger partial charge in [-0.25, -0.2) is 0 Å². The van der Waals surface area contributed by atoms with Gasteiger partial charge in [-0.15, -0.1) is 23.2 Å². The minimum Gasteiger partial charge on any atom is -0.185 e. The molecule has 0 N–H and O–H groups in total. The van der Waals surface area contributed by atoms with Crippen LogP contribution in [0.3, 0.4) is 0 Å². The highest BCUT2D eigenvalue weighted by atomic mass is 35.5. The zero-order valence-electron chi connectivity index (χ0n) is 9.51. The summed E-state index contributed by atoms with van der Waals surface area (Å²) in [7, 11) is 0. The summed E-state index contributed by atoms with van der Waals surface area (Å²) in [5, 5.41) is 13.3. The molecule has 1 atom stereocenters. The van der Waals surface area contributed by atoms with Gasteiger partial charge in [0.1, 0.15) is 10.2 Å². The fourth-order valence-electron chi connectivity index (χ4n) is 1.89. The van der Waals surface area contributed by atoms with E-state index < -0.39 is 4.84 Å². The summed E-state index contributed by atoms with van der Waals surface area (Å²) in [6, 6.07) is 14.3. The number of rotatable bonds is 4. The van der Waals surface area contributed by atoms with Crippen LogP contribution in [0.5, 0.6) is 0 Å². The van der Waals surface area contributed by atoms with Crippen molar-refractivity contribution in [1.29, 1.82) is 5.26 Å². The van der Waals surface area contributed by atoms with Gasteiger partial charge in [-0.3, -0.25) is 0 Å². The number of alkyl halides is 2. The van der Waals surface area contributed by atoms with Crippen LogP contribution in [0, 0.1) is 10.7 Å². The summed E-state index contributed by atoms with van der Waals surface area (Å²) in [6.45, 7) is 0. The predicted molar refractivity (Wildman–Crippen MR) is 80.0 cm³/mol. The van der Waals surface area contributed by atoms with E-state index in [1.54, 1.807) is 0 Å². The zero-order valence-corrected chi connectivity index (χ0v) is 11.8. The van der Waals surface area contributed by atoms with E-state index in [2.05, 4.69) is 29.7 Å². The summed E-state index contributed by atoms with van der Waals surface area (Å²) in [4.78, 5) is -0.456. The van der Waals surface area contributed by atoms with Gasteiger partial charge in [0, 0.05) is 5.25 Å². The van der Waals surface area contributed by atoms with Gasteiger partial charge in [-0.05, 0) is 40.6 Å². The molecular weight excluding hydrogens is 285 g/mol. The van der Waals surface area contributed by atoms with E-state index in [1.807, 2.05) is 18.2 Å². The molecule has 0 aliphatic rings. The molecule has 0 bridgehead atoms. The maximum Gasteiger partial charge on any atom is 0.133 e. The van der Waals surface area contributed by atoms with Gasteiger partial charge < -0.3 is 0 Å². The molecule has 0 unspecified atom stereocenters. The quantitative estimate of drug-likeness (QED) is 0.565. The molecule has 0 heterocycles. The number of benzene rings is 2. The largest absolute Gasteiger partial charge is 0.185 e. The third-order valence-corrected chi connectivity index (χ3v) is 3.94. The first-order valence-electron chi connectivity index (χ1n) is 5.52. The van der Waals surface area contributed by atoms with Gasteiger partial charge in [0.05, 0.1) is 0 Å². The average Bonchev–Trinajstić information content (AvgIpc) is 2.37. The first kappa shape index (κ1) is 13.5. The molecule has 0 fully saturated rings. The number of hydrogen-bond donors (Lipinski definition) is 0. The molecule has 1 nitrogen and oxygen atoms in total. The van der Waals surface area contributed by atoms with Gasteiger partial charge in [0.15, 0.2) is 0 Å². The summed E-state index contributed by atoms with van der Waals surface area (Å²) in [6.07, 6.45) is 0.569. The number of nitrogens with zero attached hydrogens (tertiary/aromatic N) is 1. The molecule has 2 rings (SSSR count). The second-order valence-corrected chi connectivity index (χ2v) is 6.20. The van der Waals surface area contributed by atoms with Crippen molar-refractivity contribution in [3.8, 4) is 5.40 Å². The molecule has 0 spiro atoms. The van der Waals surface area contributed by atoms with Crippen LogP contribution >= 0.6 is 35.0 Å². The van der Waals surface area contributed by atoms with Crippen molar-refractivity contribution < 1.29 is 0 Å². The monoisotopic (exact) mass is 295 g/mol. The molecule has 0 saturated heterocycles. The smallest absolute Gasteiger partial charge is 0.133 e. The molecule has 2 aromatic rings. The summed E-state index contributed by atoms with van der Waals surface area (Å²) in [5.74, 6) is 0. The summed E-state index contributed by atoms with van der Waals surface area (Å²) >= 11 is 12.8. The first-order chi connectivity index (χ1) is 8.70. The van der Waals surface area contributed by atoms with Gasteiger partial charge in [0.25, 0.3) is 0 Å². The van der Waals surface area contributed by atoms with Crippen LogP contribution in [-0.2, 0) is 0 Å². The standard InChI is InChI=1S/C14H11Cl2NS/c15-14(16)8-13(18-9-17)12-6-5-10-3-1-2-4-11(10)7-12/h1-7,13-14H,8H2/t13-/m1/s1. The van der Waals surface area contributed by atoms with Crippen molar-refractivity contribution in [3.05, 3.63) is 48.0 Å². The molecule has 0 saturated carbocycles. The Kier molecular flexibility index (Phi) is 4.77. The van der Waals surface area contributed by atoms with Crippen LogP contribution in [0.15, 0.2) is 42.5 Å². The normalized spacial score (nSPS) is 12.6. The molecular formula is C14H11Cl2NS. The fraction of sp³-hybridized carbons (Fsp3) is 0.214. The maximum absolute atomic E-state index is 8.85. The topological polar surface area (TPSA) is 23.8 Å². The van der Waals surface area contributed by atoms with Crippen LogP contribution in [0.2, 0.25) is 0 Å². The number of thioether (sulfide) groups is 1. The minimum atomic E-state index is -0.456. The van der Waals surface area contributed by atoms with E-state index in [0.717, 1.165) is 5.56 Å². The second kappa shape index (κ2) is 6.33. The minimum absolute atomic E-state index is 0.0135. The number of fused-ring (bicyclic) bond motifs is 1. The molecule has 92 valence electrons. The zero-order chi connectivity index (χ0) is 13.0. The van der Waals surface area contributed by atoms with Crippen LogP contribution in [0.1, 0.15) is 17.2 Å². The van der Waals surface area contributed by atoms with Crippen LogP contribution in [0.25, 0.3) is 10.8 Å². The van der Waals surface area contributed by atoms with E-state index in [4.69, 9.17) is 28.5 Å². The first-order valence-corrected chi connectivity index (χ1v) is 7.27. The van der Waals surface area contributed by atoms with Gasteiger partial charge >= 0.3 is 0 Å².